The molecule has 0 atom stereocenters. The Morgan fingerprint density at radius 1 is 1.21 bits per heavy atom. The van der Waals surface area contributed by atoms with Gasteiger partial charge in [-0.2, -0.15) is 0 Å². The van der Waals surface area contributed by atoms with Gasteiger partial charge in [0.2, 0.25) is 0 Å². The number of nitrogens with two attached hydrogens (primary N) is 1. The number of fused-ring (bicyclic) bond motifs is 1. The fourth-order valence-electron chi connectivity index (χ4n) is 3.12. The van der Waals surface area contributed by atoms with Crippen LogP contribution in [0.15, 0.2) is 29.3 Å². The highest BCUT2D eigenvalue weighted by atomic mass is 127. The van der Waals surface area contributed by atoms with Gasteiger partial charge >= 0.3 is 0 Å². The van der Waals surface area contributed by atoms with Crippen molar-refractivity contribution in [3.63, 3.8) is 0 Å². The lowest BCUT2D eigenvalue weighted by Crippen LogP contribution is -2.24. The maximum atomic E-state index is 6.06. The van der Waals surface area contributed by atoms with E-state index in [0.717, 1.165) is 35.7 Å². The average Bonchev–Trinajstić information content (AvgIpc) is 2.52. The minimum atomic E-state index is 0. The minimum absolute atomic E-state index is 0. The second-order valence-electron chi connectivity index (χ2n) is 6.02. The smallest absolute Gasteiger partial charge is 0.193 e. The number of aryl methyl sites for hydroxylation is 3. The summed E-state index contributed by atoms with van der Waals surface area (Å²) in [6.45, 7) is 4.30. The second-order valence-corrected chi connectivity index (χ2v) is 6.02. The number of hydrogen-bond donors (Lipinski definition) is 2. The van der Waals surface area contributed by atoms with Crippen LogP contribution in [0.4, 0.5) is 5.69 Å². The standard InChI is InChI=1S/C18H23N5.HI/c1-12-10-15(22-13(2)21-12)11-20-18(19)23-17-9-5-7-14-6-3-4-8-16(14)17;/h5,7,9-10H,3-4,6,8,11H2,1-2H3,(H3,19,20,23);1H. The van der Waals surface area contributed by atoms with Crippen molar-refractivity contribution in [3.8, 4) is 0 Å². The van der Waals surface area contributed by atoms with Crippen LogP contribution in [0, 0.1) is 13.8 Å². The number of anilines is 1. The first-order valence-corrected chi connectivity index (χ1v) is 8.10. The van der Waals surface area contributed by atoms with Crippen molar-refractivity contribution in [3.05, 3.63) is 52.6 Å². The Morgan fingerprint density at radius 3 is 2.79 bits per heavy atom. The molecular formula is C18H24IN5. The third-order valence-corrected chi connectivity index (χ3v) is 4.09. The average molecular weight is 437 g/mol. The molecule has 0 radical (unpaired) electrons. The van der Waals surface area contributed by atoms with E-state index in [-0.39, 0.29) is 24.0 Å². The number of halogens is 1. The van der Waals surface area contributed by atoms with Gasteiger partial charge in [-0.05, 0) is 62.8 Å². The normalized spacial score (nSPS) is 13.8. The summed E-state index contributed by atoms with van der Waals surface area (Å²) in [5.41, 5.74) is 11.8. The molecule has 3 rings (SSSR count). The molecule has 24 heavy (non-hydrogen) atoms. The lowest BCUT2D eigenvalue weighted by Gasteiger charge is -2.19. The van der Waals surface area contributed by atoms with Crippen molar-refractivity contribution in [1.29, 1.82) is 0 Å². The van der Waals surface area contributed by atoms with E-state index in [1.54, 1.807) is 0 Å². The van der Waals surface area contributed by atoms with Crippen molar-refractivity contribution in [2.75, 3.05) is 5.32 Å². The first kappa shape index (κ1) is 18.6. The van der Waals surface area contributed by atoms with E-state index < -0.39 is 0 Å². The minimum Gasteiger partial charge on any atom is -0.370 e. The molecule has 0 spiro atoms. The Labute approximate surface area is 160 Å². The highest BCUT2D eigenvalue weighted by Gasteiger charge is 2.13. The van der Waals surface area contributed by atoms with Gasteiger partial charge in [-0.1, -0.05) is 12.1 Å². The van der Waals surface area contributed by atoms with E-state index in [1.165, 1.54) is 24.0 Å². The maximum Gasteiger partial charge on any atom is 0.193 e. The third kappa shape index (κ3) is 4.66. The molecule has 128 valence electrons. The van der Waals surface area contributed by atoms with E-state index in [9.17, 15) is 0 Å². The lowest BCUT2D eigenvalue weighted by molar-refractivity contribution is 0.687. The van der Waals surface area contributed by atoms with Gasteiger partial charge in [0.05, 0.1) is 12.2 Å². The van der Waals surface area contributed by atoms with Crippen LogP contribution in [0.2, 0.25) is 0 Å². The largest absolute Gasteiger partial charge is 0.370 e. The Morgan fingerprint density at radius 2 is 2.00 bits per heavy atom. The predicted molar refractivity (Wildman–Crippen MR) is 109 cm³/mol. The second kappa shape index (κ2) is 8.41. The fourth-order valence-corrected chi connectivity index (χ4v) is 3.12. The van der Waals surface area contributed by atoms with Gasteiger partial charge in [0, 0.05) is 11.4 Å². The molecule has 1 aliphatic carbocycles. The molecule has 0 amide bonds. The molecule has 0 fully saturated rings. The van der Waals surface area contributed by atoms with Gasteiger partial charge in [0.15, 0.2) is 5.96 Å². The predicted octanol–water partition coefficient (Wildman–Crippen LogP) is 3.52. The van der Waals surface area contributed by atoms with Gasteiger partial charge in [-0.3, -0.25) is 0 Å². The molecule has 0 unspecified atom stereocenters. The number of hydrogen-bond acceptors (Lipinski definition) is 3. The van der Waals surface area contributed by atoms with Gasteiger partial charge in [0.25, 0.3) is 0 Å². The quantitative estimate of drug-likeness (QED) is 0.438. The summed E-state index contributed by atoms with van der Waals surface area (Å²) in [6.07, 6.45) is 4.77. The van der Waals surface area contributed by atoms with Gasteiger partial charge in [-0.15, -0.1) is 24.0 Å². The summed E-state index contributed by atoms with van der Waals surface area (Å²) in [5.74, 6) is 1.19. The molecule has 0 saturated carbocycles. The van der Waals surface area contributed by atoms with Crippen molar-refractivity contribution in [2.45, 2.75) is 46.1 Å². The highest BCUT2D eigenvalue weighted by Crippen LogP contribution is 2.27. The van der Waals surface area contributed by atoms with Crippen molar-refractivity contribution >= 4 is 35.6 Å². The van der Waals surface area contributed by atoms with E-state index in [1.807, 2.05) is 19.9 Å². The molecule has 1 aromatic carbocycles. The van der Waals surface area contributed by atoms with Crippen LogP contribution in [0.5, 0.6) is 0 Å². The molecule has 5 nitrogen and oxygen atoms in total. The van der Waals surface area contributed by atoms with Crippen LogP contribution in [0.1, 0.15) is 41.2 Å². The first-order chi connectivity index (χ1) is 11.1. The summed E-state index contributed by atoms with van der Waals surface area (Å²) in [4.78, 5) is 13.1. The molecular weight excluding hydrogens is 413 g/mol. The van der Waals surface area contributed by atoms with E-state index in [0.29, 0.717) is 12.5 Å². The topological polar surface area (TPSA) is 76.2 Å². The van der Waals surface area contributed by atoms with Crippen LogP contribution in [-0.4, -0.2) is 15.9 Å². The third-order valence-electron chi connectivity index (χ3n) is 4.09. The lowest BCUT2D eigenvalue weighted by atomic mass is 9.90. The van der Waals surface area contributed by atoms with Crippen LogP contribution >= 0.6 is 24.0 Å². The summed E-state index contributed by atoms with van der Waals surface area (Å²) in [6, 6.07) is 8.30. The SMILES string of the molecule is Cc1cc(CN=C(N)Nc2cccc3c2CCCC3)nc(C)n1.I. The zero-order valence-electron chi connectivity index (χ0n) is 14.2. The number of aliphatic imine (C=N–C) groups is 1. The molecule has 1 heterocycles. The number of aromatic nitrogens is 2. The number of guanidine groups is 1. The fraction of sp³-hybridized carbons (Fsp3) is 0.389. The number of nitrogens with zero attached hydrogens (tertiary/aromatic N) is 3. The van der Waals surface area contributed by atoms with E-state index in [4.69, 9.17) is 5.73 Å². The van der Waals surface area contributed by atoms with Crippen molar-refractivity contribution in [1.82, 2.24) is 9.97 Å². The summed E-state index contributed by atoms with van der Waals surface area (Å²) < 4.78 is 0. The monoisotopic (exact) mass is 437 g/mol. The Bertz CT molecular complexity index is 722. The van der Waals surface area contributed by atoms with Crippen LogP contribution < -0.4 is 11.1 Å². The molecule has 0 aliphatic heterocycles. The Kier molecular flexibility index (Phi) is 6.53. The first-order valence-electron chi connectivity index (χ1n) is 8.10. The summed E-state index contributed by atoms with van der Waals surface area (Å²) >= 11 is 0. The number of nitrogens with one attached hydrogen (secondary N) is 1. The van der Waals surface area contributed by atoms with Crippen molar-refractivity contribution < 1.29 is 0 Å². The molecule has 1 aliphatic rings. The highest BCUT2D eigenvalue weighted by molar-refractivity contribution is 14.0. The van der Waals surface area contributed by atoms with E-state index in [2.05, 4.69) is 38.5 Å². The maximum absolute atomic E-state index is 6.06. The zero-order valence-corrected chi connectivity index (χ0v) is 16.5. The van der Waals surface area contributed by atoms with Gasteiger partial charge in [-0.25, -0.2) is 15.0 Å². The van der Waals surface area contributed by atoms with Gasteiger partial charge in [0.1, 0.15) is 5.82 Å². The van der Waals surface area contributed by atoms with E-state index >= 15 is 0 Å². The molecule has 0 saturated heterocycles. The Balaban J connectivity index is 0.00000208. The summed E-state index contributed by atoms with van der Waals surface area (Å²) in [5, 5.41) is 3.25. The Hall–Kier alpha value is -1.70. The van der Waals surface area contributed by atoms with Crippen LogP contribution in [0.25, 0.3) is 0 Å². The molecule has 6 heteroatoms. The van der Waals surface area contributed by atoms with Crippen LogP contribution in [-0.2, 0) is 19.4 Å². The summed E-state index contributed by atoms with van der Waals surface area (Å²) in [7, 11) is 0. The number of rotatable bonds is 3. The zero-order chi connectivity index (χ0) is 16.2. The molecule has 1 aromatic heterocycles. The van der Waals surface area contributed by atoms with Crippen molar-refractivity contribution in [2.24, 2.45) is 10.7 Å². The van der Waals surface area contributed by atoms with Gasteiger partial charge < -0.3 is 11.1 Å². The molecule has 3 N–H and O–H groups in total. The molecule has 0 bridgehead atoms. The molecule has 2 aromatic rings. The number of benzene rings is 1. The van der Waals surface area contributed by atoms with Crippen LogP contribution in [0.3, 0.4) is 0 Å².